The maximum atomic E-state index is 12.0. The number of amides is 1. The minimum Gasteiger partial charge on any atom is -0.508 e. The third-order valence-corrected chi connectivity index (χ3v) is 4.56. The lowest BCUT2D eigenvalue weighted by Gasteiger charge is -2.30. The first-order chi connectivity index (χ1) is 13.8. The Morgan fingerprint density at radius 2 is 1.73 bits per heavy atom. The van der Waals surface area contributed by atoms with E-state index in [9.17, 15) is 9.90 Å². The number of phenolic OH excluding ortho intramolecular Hbond substituents is 1. The molecule has 0 fully saturated rings. The summed E-state index contributed by atoms with van der Waals surface area (Å²) in [5.74, 6) is 0.718. The second-order valence-electron chi connectivity index (χ2n) is 7.63. The van der Waals surface area contributed by atoms with Crippen molar-refractivity contribution in [2.24, 2.45) is 4.99 Å². The Hall–Kier alpha value is -1.55. The quantitative estimate of drug-likeness (QED) is 0.144. The highest BCUT2D eigenvalue weighted by Gasteiger charge is 2.12. The number of phenols is 1. The highest BCUT2D eigenvalue weighted by molar-refractivity contribution is 14.0. The average Bonchev–Trinajstić information content (AvgIpc) is 2.66. The standard InChI is InChI=1S/C22H39N5O2.HI/c1-6-23-22(26-14-9-15-27(17(2)3)18(4)5)25-13-8-12-24-21(29)19-10-7-11-20(28)16-19;/h7,10-11,16-18,28H,6,8-9,12-15H2,1-5H3,(H,24,29)(H2,23,25,26);1H. The Balaban J connectivity index is 0.00000841. The molecule has 0 saturated heterocycles. The van der Waals surface area contributed by atoms with E-state index in [-0.39, 0.29) is 35.6 Å². The SMILES string of the molecule is CCNC(=NCCCNC(=O)c1cccc(O)c1)NCCCN(C(C)C)C(C)C.I. The van der Waals surface area contributed by atoms with E-state index < -0.39 is 0 Å². The van der Waals surface area contributed by atoms with Crippen LogP contribution in [0.5, 0.6) is 5.75 Å². The molecule has 0 bridgehead atoms. The van der Waals surface area contributed by atoms with Crippen LogP contribution in [0.1, 0.15) is 57.8 Å². The first-order valence-corrected chi connectivity index (χ1v) is 10.7. The number of carbonyl (C=O) groups is 1. The van der Waals surface area contributed by atoms with Gasteiger partial charge in [0.2, 0.25) is 0 Å². The Morgan fingerprint density at radius 3 is 2.33 bits per heavy atom. The van der Waals surface area contributed by atoms with Crippen LogP contribution in [-0.2, 0) is 0 Å². The first-order valence-electron chi connectivity index (χ1n) is 10.7. The van der Waals surface area contributed by atoms with Crippen LogP contribution in [0.4, 0.5) is 0 Å². The number of nitrogens with zero attached hydrogens (tertiary/aromatic N) is 2. The third kappa shape index (κ3) is 11.6. The lowest BCUT2D eigenvalue weighted by atomic mass is 10.2. The van der Waals surface area contributed by atoms with Gasteiger partial charge in [0.05, 0.1) is 0 Å². The molecule has 0 aliphatic rings. The number of carbonyl (C=O) groups excluding carboxylic acids is 1. The van der Waals surface area contributed by atoms with E-state index in [4.69, 9.17) is 0 Å². The van der Waals surface area contributed by atoms with Crippen molar-refractivity contribution in [3.63, 3.8) is 0 Å². The molecular formula is C22H40IN5O2. The van der Waals surface area contributed by atoms with Gasteiger partial charge < -0.3 is 21.1 Å². The van der Waals surface area contributed by atoms with Gasteiger partial charge in [-0.2, -0.15) is 0 Å². The molecule has 0 heterocycles. The zero-order valence-electron chi connectivity index (χ0n) is 19.1. The molecule has 1 aromatic carbocycles. The van der Waals surface area contributed by atoms with Gasteiger partial charge in [-0.15, -0.1) is 24.0 Å². The molecule has 0 aromatic heterocycles. The lowest BCUT2D eigenvalue weighted by Crippen LogP contribution is -2.41. The van der Waals surface area contributed by atoms with Crippen LogP contribution >= 0.6 is 24.0 Å². The van der Waals surface area contributed by atoms with E-state index in [2.05, 4.69) is 53.5 Å². The number of hydrogen-bond acceptors (Lipinski definition) is 4. The van der Waals surface area contributed by atoms with Crippen LogP contribution in [0.25, 0.3) is 0 Å². The van der Waals surface area contributed by atoms with Crippen LogP contribution in [0, 0.1) is 0 Å². The van der Waals surface area contributed by atoms with Gasteiger partial charge in [0, 0.05) is 50.4 Å². The number of aromatic hydroxyl groups is 1. The molecule has 0 unspecified atom stereocenters. The van der Waals surface area contributed by atoms with Crippen LogP contribution in [0.15, 0.2) is 29.3 Å². The Bertz CT molecular complexity index is 630. The van der Waals surface area contributed by atoms with Crippen molar-refractivity contribution in [3.05, 3.63) is 29.8 Å². The summed E-state index contributed by atoms with van der Waals surface area (Å²) in [4.78, 5) is 19.1. The fraction of sp³-hybridized carbons (Fsp3) is 0.636. The molecule has 0 saturated carbocycles. The lowest BCUT2D eigenvalue weighted by molar-refractivity contribution is 0.0953. The summed E-state index contributed by atoms with van der Waals surface area (Å²) in [5.41, 5.74) is 0.459. The van der Waals surface area contributed by atoms with E-state index in [1.807, 2.05) is 6.92 Å². The Kier molecular flexibility index (Phi) is 15.3. The van der Waals surface area contributed by atoms with Crippen LogP contribution < -0.4 is 16.0 Å². The molecule has 0 aliphatic carbocycles. The molecule has 7 nitrogen and oxygen atoms in total. The summed E-state index contributed by atoms with van der Waals surface area (Å²) in [5, 5.41) is 18.9. The zero-order chi connectivity index (χ0) is 21.6. The fourth-order valence-electron chi connectivity index (χ4n) is 3.14. The largest absolute Gasteiger partial charge is 0.508 e. The minimum atomic E-state index is -0.185. The Morgan fingerprint density at radius 1 is 1.07 bits per heavy atom. The van der Waals surface area contributed by atoms with Gasteiger partial charge in [0.1, 0.15) is 5.75 Å². The van der Waals surface area contributed by atoms with Crippen LogP contribution in [0.3, 0.4) is 0 Å². The first kappa shape index (κ1) is 28.5. The number of benzene rings is 1. The van der Waals surface area contributed by atoms with E-state index >= 15 is 0 Å². The highest BCUT2D eigenvalue weighted by Crippen LogP contribution is 2.10. The molecule has 0 atom stereocenters. The number of guanidine groups is 1. The van der Waals surface area contributed by atoms with Crippen LogP contribution in [0.2, 0.25) is 0 Å². The molecule has 8 heteroatoms. The van der Waals surface area contributed by atoms with Crippen molar-refractivity contribution in [2.45, 2.75) is 59.5 Å². The van der Waals surface area contributed by atoms with E-state index in [0.717, 1.165) is 38.4 Å². The van der Waals surface area contributed by atoms with Crippen molar-refractivity contribution in [3.8, 4) is 5.75 Å². The summed E-state index contributed by atoms with van der Waals surface area (Å²) in [7, 11) is 0. The normalized spacial score (nSPS) is 11.5. The zero-order valence-corrected chi connectivity index (χ0v) is 21.4. The number of hydrogen-bond donors (Lipinski definition) is 4. The summed E-state index contributed by atoms with van der Waals surface area (Å²) < 4.78 is 0. The number of nitrogens with one attached hydrogen (secondary N) is 3. The van der Waals surface area contributed by atoms with Gasteiger partial charge in [-0.3, -0.25) is 14.7 Å². The predicted octanol–water partition coefficient (Wildman–Crippen LogP) is 3.19. The molecule has 1 aromatic rings. The predicted molar refractivity (Wildman–Crippen MR) is 136 cm³/mol. The monoisotopic (exact) mass is 533 g/mol. The van der Waals surface area contributed by atoms with Crippen molar-refractivity contribution in [2.75, 3.05) is 32.7 Å². The maximum Gasteiger partial charge on any atom is 0.251 e. The van der Waals surface area contributed by atoms with Crippen molar-refractivity contribution in [1.29, 1.82) is 0 Å². The Labute approximate surface area is 199 Å². The third-order valence-electron chi connectivity index (χ3n) is 4.56. The molecule has 0 aliphatic heterocycles. The average molecular weight is 533 g/mol. The summed E-state index contributed by atoms with van der Waals surface area (Å²) >= 11 is 0. The van der Waals surface area contributed by atoms with Gasteiger partial charge >= 0.3 is 0 Å². The van der Waals surface area contributed by atoms with Gasteiger partial charge in [-0.1, -0.05) is 6.07 Å². The van der Waals surface area contributed by atoms with Gasteiger partial charge in [0.25, 0.3) is 5.91 Å². The molecule has 1 amide bonds. The second-order valence-corrected chi connectivity index (χ2v) is 7.63. The molecule has 4 N–H and O–H groups in total. The molecule has 0 spiro atoms. The van der Waals surface area contributed by atoms with Crippen LogP contribution in [-0.4, -0.2) is 66.7 Å². The maximum absolute atomic E-state index is 12.0. The number of halogens is 1. The van der Waals surface area contributed by atoms with E-state index in [0.29, 0.717) is 30.7 Å². The second kappa shape index (κ2) is 16.2. The van der Waals surface area contributed by atoms with Crippen molar-refractivity contribution >= 4 is 35.8 Å². The minimum absolute atomic E-state index is 0. The van der Waals surface area contributed by atoms with Crippen molar-refractivity contribution in [1.82, 2.24) is 20.9 Å². The number of rotatable bonds is 12. The number of aliphatic imine (C=N–C) groups is 1. The van der Waals surface area contributed by atoms with E-state index in [1.54, 1.807) is 18.2 Å². The molecule has 1 rings (SSSR count). The highest BCUT2D eigenvalue weighted by atomic mass is 127. The molecular weight excluding hydrogens is 493 g/mol. The molecule has 172 valence electrons. The van der Waals surface area contributed by atoms with E-state index in [1.165, 1.54) is 6.07 Å². The smallest absolute Gasteiger partial charge is 0.251 e. The summed E-state index contributed by atoms with van der Waals surface area (Å²) in [6.45, 7) is 14.9. The van der Waals surface area contributed by atoms with Crippen molar-refractivity contribution < 1.29 is 9.90 Å². The van der Waals surface area contributed by atoms with Gasteiger partial charge in [0.15, 0.2) is 5.96 Å². The molecule has 30 heavy (non-hydrogen) atoms. The fourth-order valence-corrected chi connectivity index (χ4v) is 3.14. The van der Waals surface area contributed by atoms with Gasteiger partial charge in [-0.25, -0.2) is 0 Å². The van der Waals surface area contributed by atoms with Gasteiger partial charge in [-0.05, 0) is 65.7 Å². The summed E-state index contributed by atoms with van der Waals surface area (Å²) in [6, 6.07) is 7.44. The molecule has 0 radical (unpaired) electrons. The topological polar surface area (TPSA) is 89.0 Å². The summed E-state index contributed by atoms with van der Waals surface area (Å²) in [6.07, 6.45) is 1.80.